The Kier molecular flexibility index (Phi) is 10.6. The number of allylic oxidation sites excluding steroid dienone is 2. The van der Waals surface area contributed by atoms with Gasteiger partial charge in [0, 0.05) is 0 Å². The van der Waals surface area contributed by atoms with E-state index in [1.165, 1.54) is 0 Å². The van der Waals surface area contributed by atoms with Gasteiger partial charge in [-0.3, -0.25) is 9.13 Å². The molecule has 0 aromatic rings. The van der Waals surface area contributed by atoms with Crippen LogP contribution in [0.2, 0.25) is 0 Å². The molecule has 0 aromatic heterocycles. The maximum Gasteiger partial charge on any atom is 0.370 e. The van der Waals surface area contributed by atoms with Crippen LogP contribution >= 0.6 is 15.2 Å². The van der Waals surface area contributed by atoms with E-state index in [-0.39, 0.29) is 37.1 Å². The maximum atomic E-state index is 13.9. The monoisotopic (exact) mass is 458 g/mol. The number of hydrogen-bond donors (Lipinski definition) is 0. The van der Waals surface area contributed by atoms with Gasteiger partial charge in [0.05, 0.1) is 26.4 Å². The summed E-state index contributed by atoms with van der Waals surface area (Å²) in [5.41, 5.74) is 8.65. The van der Waals surface area contributed by atoms with Crippen molar-refractivity contribution in [3.63, 3.8) is 0 Å². The van der Waals surface area contributed by atoms with Gasteiger partial charge in [-0.05, 0) is 90.2 Å². The van der Waals surface area contributed by atoms with E-state index in [1.807, 2.05) is 0 Å². The van der Waals surface area contributed by atoms with Crippen molar-refractivity contribution in [3.8, 4) is 0 Å². The van der Waals surface area contributed by atoms with E-state index in [9.17, 15) is 9.13 Å². The van der Waals surface area contributed by atoms with E-state index in [0.29, 0.717) is 0 Å². The molecular formula is C22H36O6P2. The lowest BCUT2D eigenvalue weighted by atomic mass is 10.2. The van der Waals surface area contributed by atoms with Crippen LogP contribution in [0.4, 0.5) is 0 Å². The molecule has 0 aromatic carbocycles. The van der Waals surface area contributed by atoms with E-state index in [4.69, 9.17) is 18.1 Å². The Labute approximate surface area is 181 Å². The van der Waals surface area contributed by atoms with E-state index < -0.39 is 15.2 Å². The van der Waals surface area contributed by atoms with E-state index in [1.54, 1.807) is 27.7 Å². The Bertz CT molecular complexity index is 711. The Hall–Kier alpha value is -0.660. The highest BCUT2D eigenvalue weighted by atomic mass is 31.2. The van der Waals surface area contributed by atoms with E-state index >= 15 is 0 Å². The lowest BCUT2D eigenvalue weighted by Crippen LogP contribution is -2.05. The van der Waals surface area contributed by atoms with Crippen molar-refractivity contribution in [1.82, 2.24) is 0 Å². The van der Waals surface area contributed by atoms with Crippen molar-refractivity contribution in [2.75, 3.05) is 26.4 Å². The van der Waals surface area contributed by atoms with Crippen molar-refractivity contribution < 1.29 is 27.2 Å². The molecule has 2 aliphatic carbocycles. The molecule has 0 heterocycles. The highest BCUT2D eigenvalue weighted by molar-refractivity contribution is 7.64. The summed E-state index contributed by atoms with van der Waals surface area (Å²) in [6.45, 7) is 7.80. The lowest BCUT2D eigenvalue weighted by molar-refractivity contribution is 0.220. The molecule has 0 N–H and O–H groups in total. The lowest BCUT2D eigenvalue weighted by Gasteiger charge is -2.24. The molecule has 30 heavy (non-hydrogen) atoms. The van der Waals surface area contributed by atoms with Crippen molar-refractivity contribution in [2.45, 2.75) is 79.1 Å². The second-order valence-corrected chi connectivity index (χ2v) is 11.2. The fourth-order valence-corrected chi connectivity index (χ4v) is 7.70. The molecule has 2 fully saturated rings. The average molecular weight is 458 g/mol. The summed E-state index contributed by atoms with van der Waals surface area (Å²) in [5.74, 6) is 0. The molecule has 0 amide bonds. The molecule has 0 radical (unpaired) electrons. The largest absolute Gasteiger partial charge is 0.370 e. The van der Waals surface area contributed by atoms with Gasteiger partial charge in [-0.1, -0.05) is 0 Å². The molecule has 8 heteroatoms. The molecule has 0 unspecified atom stereocenters. The molecule has 0 atom stereocenters. The smallest absolute Gasteiger partial charge is 0.305 e. The summed E-state index contributed by atoms with van der Waals surface area (Å²) in [7, 11) is -7.60. The Balaban J connectivity index is 2.85. The molecule has 0 aliphatic heterocycles. The van der Waals surface area contributed by atoms with Crippen LogP contribution in [0.25, 0.3) is 0 Å². The van der Waals surface area contributed by atoms with Crippen LogP contribution in [-0.2, 0) is 27.2 Å². The van der Waals surface area contributed by atoms with Gasteiger partial charge in [-0.15, -0.1) is 11.5 Å². The van der Waals surface area contributed by atoms with Gasteiger partial charge in [0.25, 0.3) is 0 Å². The molecule has 170 valence electrons. The fourth-order valence-electron chi connectivity index (χ4n) is 3.72. The van der Waals surface area contributed by atoms with Crippen molar-refractivity contribution >= 4 is 15.2 Å². The summed E-state index contributed by atoms with van der Waals surface area (Å²) >= 11 is 0. The molecular weight excluding hydrogens is 422 g/mol. The highest BCUT2D eigenvalue weighted by Gasteiger charge is 2.43. The number of rotatable bonds is 11. The SMILES string of the molecule is CCOP(=O)(OCC)C(=C=C1CCCC1)C(=C=C1CCCC1)P(=O)(OCC)OCC. The molecule has 2 rings (SSSR count). The minimum absolute atomic E-state index is 0.160. The van der Waals surface area contributed by atoms with Crippen molar-refractivity contribution in [2.24, 2.45) is 0 Å². The van der Waals surface area contributed by atoms with Crippen LogP contribution < -0.4 is 0 Å². The summed E-state index contributed by atoms with van der Waals surface area (Å²) < 4.78 is 50.5. The standard InChI is InChI=1S/C22H36O6P2/c1-5-25-29(23,26-6-2)21(17-19-13-9-10-14-19)22(18-20-15-11-12-16-20)30(24,27-7-3)28-8-4/h5-16H2,1-4H3. The fraction of sp³-hybridized carbons (Fsp3) is 0.727. The third-order valence-electron chi connectivity index (χ3n) is 4.97. The third-order valence-corrected chi connectivity index (χ3v) is 9.31. The quantitative estimate of drug-likeness (QED) is 0.182. The van der Waals surface area contributed by atoms with Crippen molar-refractivity contribution in [3.05, 3.63) is 33.2 Å². The topological polar surface area (TPSA) is 71.1 Å². The predicted molar refractivity (Wildman–Crippen MR) is 120 cm³/mol. The van der Waals surface area contributed by atoms with Gasteiger partial charge >= 0.3 is 15.2 Å². The molecule has 0 bridgehead atoms. The third kappa shape index (κ3) is 6.67. The Morgan fingerprint density at radius 2 is 0.900 bits per heavy atom. The minimum Gasteiger partial charge on any atom is -0.305 e. The Morgan fingerprint density at radius 1 is 0.633 bits per heavy atom. The zero-order chi connectivity index (χ0) is 22.0. The van der Waals surface area contributed by atoms with Gasteiger partial charge in [-0.2, -0.15) is 0 Å². The van der Waals surface area contributed by atoms with Gasteiger partial charge < -0.3 is 18.1 Å². The molecule has 2 aliphatic rings. The van der Waals surface area contributed by atoms with Crippen LogP contribution in [0.5, 0.6) is 0 Å². The first-order valence-corrected chi connectivity index (χ1v) is 14.3. The average Bonchev–Trinajstić information content (AvgIpc) is 3.39. The first-order valence-electron chi connectivity index (χ1n) is 11.2. The predicted octanol–water partition coefficient (Wildman–Crippen LogP) is 7.49. The second-order valence-electron chi connectivity index (χ2n) is 7.23. The van der Waals surface area contributed by atoms with Crippen LogP contribution in [-0.4, -0.2) is 26.4 Å². The Morgan fingerprint density at radius 3 is 1.13 bits per heavy atom. The van der Waals surface area contributed by atoms with Crippen molar-refractivity contribution in [1.29, 1.82) is 0 Å². The first-order chi connectivity index (χ1) is 14.4. The zero-order valence-corrected chi connectivity index (χ0v) is 20.6. The normalized spacial score (nSPS) is 17.2. The zero-order valence-electron chi connectivity index (χ0n) is 18.8. The van der Waals surface area contributed by atoms with Gasteiger partial charge in [0.2, 0.25) is 0 Å². The molecule has 6 nitrogen and oxygen atoms in total. The summed E-state index contributed by atoms with van der Waals surface area (Å²) in [6.07, 6.45) is 7.66. The summed E-state index contributed by atoms with van der Waals surface area (Å²) in [4.78, 5) is 0. The minimum atomic E-state index is -3.80. The van der Waals surface area contributed by atoms with E-state index in [2.05, 4.69) is 11.5 Å². The van der Waals surface area contributed by atoms with E-state index in [0.717, 1.165) is 62.5 Å². The highest BCUT2D eigenvalue weighted by Crippen LogP contribution is 2.68. The van der Waals surface area contributed by atoms with Gasteiger partial charge in [0.1, 0.15) is 10.6 Å². The van der Waals surface area contributed by atoms with Crippen LogP contribution in [0, 0.1) is 0 Å². The summed E-state index contributed by atoms with van der Waals surface area (Å²) in [6, 6.07) is 0. The molecule has 2 saturated carbocycles. The van der Waals surface area contributed by atoms with Crippen LogP contribution in [0.15, 0.2) is 33.2 Å². The number of hydrogen-bond acceptors (Lipinski definition) is 6. The van der Waals surface area contributed by atoms with Gasteiger partial charge in [0.15, 0.2) is 0 Å². The first kappa shape index (κ1) is 25.6. The van der Waals surface area contributed by atoms with Gasteiger partial charge in [-0.25, -0.2) is 0 Å². The molecule has 0 spiro atoms. The van der Waals surface area contributed by atoms with Crippen LogP contribution in [0.3, 0.4) is 0 Å². The van der Waals surface area contributed by atoms with Crippen LogP contribution in [0.1, 0.15) is 79.1 Å². The second kappa shape index (κ2) is 12.4. The molecule has 0 saturated heterocycles. The maximum absolute atomic E-state index is 13.9. The summed E-state index contributed by atoms with van der Waals surface area (Å²) in [5, 5.41) is 0.320.